The average Bonchev–Trinajstić information content (AvgIpc) is 3.52. The molecule has 0 aliphatic rings. The Labute approximate surface area is 294 Å². The number of pyridine rings is 1. The molecule has 5 aromatic rings. The number of fused-ring (bicyclic) bond motifs is 1. The molecular formula is C37H47N7O5Si. The van der Waals surface area contributed by atoms with Gasteiger partial charge in [-0.3, -0.25) is 15.0 Å². The third-order valence-electron chi connectivity index (χ3n) is 8.77. The Morgan fingerprint density at radius 1 is 0.980 bits per heavy atom. The molecule has 3 N–H and O–H groups in total. The van der Waals surface area contributed by atoms with Gasteiger partial charge in [-0.1, -0.05) is 94.8 Å². The second-order valence-electron chi connectivity index (χ2n) is 13.1. The molecule has 0 radical (unpaired) electrons. The molecule has 0 saturated heterocycles. The number of nitrogens with zero attached hydrogens (tertiary/aromatic N) is 5. The number of aliphatic hydroxyl groups is 1. The molecular weight excluding hydrogens is 651 g/mol. The van der Waals surface area contributed by atoms with Gasteiger partial charge >= 0.3 is 6.09 Å². The van der Waals surface area contributed by atoms with Crippen LogP contribution >= 0.6 is 0 Å². The Kier molecular flexibility index (Phi) is 11.8. The zero-order valence-electron chi connectivity index (χ0n) is 29.6. The zero-order chi connectivity index (χ0) is 35.7. The van der Waals surface area contributed by atoms with Gasteiger partial charge in [-0.25, -0.2) is 9.78 Å². The maximum atomic E-state index is 12.2. The summed E-state index contributed by atoms with van der Waals surface area (Å²) in [6, 6.07) is 23.0. The Morgan fingerprint density at radius 2 is 1.66 bits per heavy atom. The van der Waals surface area contributed by atoms with Crippen LogP contribution in [-0.4, -0.2) is 71.1 Å². The van der Waals surface area contributed by atoms with Crippen LogP contribution in [0, 0.1) is 0 Å². The van der Waals surface area contributed by atoms with Crippen LogP contribution in [0.15, 0.2) is 79.1 Å². The molecule has 50 heavy (non-hydrogen) atoms. The first kappa shape index (κ1) is 36.4. The minimum absolute atomic E-state index is 0.0258. The molecule has 0 bridgehead atoms. The summed E-state index contributed by atoms with van der Waals surface area (Å²) in [5.74, 6) is 1.17. The highest BCUT2D eigenvalue weighted by Gasteiger charge is 2.50. The maximum absolute atomic E-state index is 12.2. The van der Waals surface area contributed by atoms with Gasteiger partial charge in [0.2, 0.25) is 5.95 Å². The van der Waals surface area contributed by atoms with Crippen molar-refractivity contribution in [1.29, 1.82) is 0 Å². The molecule has 12 nitrogen and oxygen atoms in total. The molecule has 1 atom stereocenters. The van der Waals surface area contributed by atoms with Crippen molar-refractivity contribution >= 4 is 47.6 Å². The van der Waals surface area contributed by atoms with E-state index in [0.29, 0.717) is 47.9 Å². The van der Waals surface area contributed by atoms with Crippen LogP contribution in [0.4, 0.5) is 16.6 Å². The predicted molar refractivity (Wildman–Crippen MR) is 198 cm³/mol. The quantitative estimate of drug-likeness (QED) is 0.120. The van der Waals surface area contributed by atoms with E-state index >= 15 is 0 Å². The van der Waals surface area contributed by atoms with Crippen LogP contribution in [0.25, 0.3) is 11.0 Å². The average molecular weight is 698 g/mol. The lowest BCUT2D eigenvalue weighted by molar-refractivity contribution is 0.186. The largest absolute Gasteiger partial charge is 0.495 e. The summed E-state index contributed by atoms with van der Waals surface area (Å²) < 4.78 is 19.4. The summed E-state index contributed by atoms with van der Waals surface area (Å²) in [6.45, 7) is 9.59. The van der Waals surface area contributed by atoms with Crippen molar-refractivity contribution in [3.05, 3.63) is 90.4 Å². The van der Waals surface area contributed by atoms with Crippen molar-refractivity contribution in [1.82, 2.24) is 24.7 Å². The van der Waals surface area contributed by atoms with Crippen molar-refractivity contribution in [2.45, 2.75) is 71.2 Å². The molecule has 0 saturated carbocycles. The number of hydrogen-bond donors (Lipinski definition) is 3. The van der Waals surface area contributed by atoms with Gasteiger partial charge in [0.05, 0.1) is 45.5 Å². The lowest BCUT2D eigenvalue weighted by atomic mass is 10.1. The molecule has 0 unspecified atom stereocenters. The fraction of sp³-hybridized carbons (Fsp3) is 0.378. The monoisotopic (exact) mass is 697 g/mol. The summed E-state index contributed by atoms with van der Waals surface area (Å²) in [5, 5.41) is 23.0. The number of amides is 1. The number of carbonyl (C=O) groups excluding carboxylic acids is 1. The second-order valence-corrected chi connectivity index (χ2v) is 17.4. The smallest absolute Gasteiger partial charge is 0.413 e. The van der Waals surface area contributed by atoms with Crippen molar-refractivity contribution in [3.8, 4) is 5.75 Å². The third-order valence-corrected chi connectivity index (χ3v) is 13.8. The van der Waals surface area contributed by atoms with Gasteiger partial charge in [0, 0.05) is 18.2 Å². The van der Waals surface area contributed by atoms with E-state index in [0.717, 1.165) is 18.4 Å². The van der Waals surface area contributed by atoms with E-state index in [9.17, 15) is 9.90 Å². The number of benzene rings is 2. The highest BCUT2D eigenvalue weighted by atomic mass is 28.4. The Bertz CT molecular complexity index is 1830. The summed E-state index contributed by atoms with van der Waals surface area (Å²) in [4.78, 5) is 25.7. The molecule has 0 aliphatic heterocycles. The van der Waals surface area contributed by atoms with Gasteiger partial charge in [-0.2, -0.15) is 10.1 Å². The summed E-state index contributed by atoms with van der Waals surface area (Å²) in [5.41, 5.74) is 2.48. The zero-order valence-corrected chi connectivity index (χ0v) is 30.6. The van der Waals surface area contributed by atoms with E-state index in [-0.39, 0.29) is 23.6 Å². The van der Waals surface area contributed by atoms with Crippen molar-refractivity contribution in [3.63, 3.8) is 0 Å². The van der Waals surface area contributed by atoms with Gasteiger partial charge in [-0.05, 0) is 34.3 Å². The van der Waals surface area contributed by atoms with Crippen LogP contribution in [-0.2, 0) is 22.3 Å². The molecule has 0 fully saturated rings. The van der Waals surface area contributed by atoms with Gasteiger partial charge in [0.1, 0.15) is 16.8 Å². The fourth-order valence-corrected chi connectivity index (χ4v) is 11.0. The molecule has 13 heteroatoms. The predicted octanol–water partition coefficient (Wildman–Crippen LogP) is 5.50. The molecule has 0 spiro atoms. The normalized spacial score (nSPS) is 12.5. The number of aromatic nitrogens is 5. The van der Waals surface area contributed by atoms with Gasteiger partial charge in [-0.15, -0.1) is 0 Å². The Hall–Kier alpha value is -4.85. The van der Waals surface area contributed by atoms with Crippen LogP contribution in [0.3, 0.4) is 0 Å². The van der Waals surface area contributed by atoms with Crippen LogP contribution in [0.2, 0.25) is 5.04 Å². The van der Waals surface area contributed by atoms with Gasteiger partial charge < -0.3 is 24.3 Å². The van der Waals surface area contributed by atoms with E-state index in [4.69, 9.17) is 18.9 Å². The van der Waals surface area contributed by atoms with E-state index in [1.807, 2.05) is 12.1 Å². The van der Waals surface area contributed by atoms with Crippen molar-refractivity contribution in [2.24, 2.45) is 0 Å². The summed E-state index contributed by atoms with van der Waals surface area (Å²) in [7, 11) is 0.135. The highest BCUT2D eigenvalue weighted by molar-refractivity contribution is 6.99. The molecule has 2 aromatic carbocycles. The number of ether oxygens (including phenoxy) is 2. The number of nitrogens with one attached hydrogen (secondary N) is 2. The molecule has 3 heterocycles. The van der Waals surface area contributed by atoms with E-state index in [2.05, 4.69) is 102 Å². The first-order chi connectivity index (χ1) is 24.1. The number of rotatable bonds is 15. The summed E-state index contributed by atoms with van der Waals surface area (Å²) in [6.07, 6.45) is 5.02. The first-order valence-electron chi connectivity index (χ1n) is 16.9. The SMILES string of the molecule is CCC[C@@H](CCO[Si](c1ccccc1)(c1ccccc1)C(C)(C)C)Nc1nc(NC(=O)OC)nc2cnn(Cc3cc(CO)ncc3OC)c12. The van der Waals surface area contributed by atoms with E-state index < -0.39 is 14.4 Å². The first-order valence-corrected chi connectivity index (χ1v) is 18.8. The van der Waals surface area contributed by atoms with Crippen molar-refractivity contribution in [2.75, 3.05) is 31.5 Å². The molecule has 5 rings (SSSR count). The van der Waals surface area contributed by atoms with Crippen molar-refractivity contribution < 1.29 is 23.8 Å². The number of methoxy groups -OCH3 is 2. The minimum Gasteiger partial charge on any atom is -0.495 e. The minimum atomic E-state index is -2.73. The molecule has 264 valence electrons. The second kappa shape index (κ2) is 16.2. The summed E-state index contributed by atoms with van der Waals surface area (Å²) >= 11 is 0. The molecule has 1 amide bonds. The standard InChI is InChI=1S/C37H47N7O5Si/c1-7-14-27(19-20-49-50(37(2,3)4,29-15-10-8-11-16-29)30-17-12-9-13-18-30)40-34-33-31(41-35(42-34)43-36(46)48-6)22-39-44(33)24-26-21-28(25-45)38-23-32(26)47-5/h8-13,15-18,21-23,27,45H,7,14,19-20,24-25H2,1-6H3,(H2,40,41,42,43,46)/t27-/m0/s1. The molecule has 3 aromatic heterocycles. The van der Waals surface area contributed by atoms with E-state index in [1.165, 1.54) is 17.5 Å². The lowest BCUT2D eigenvalue weighted by Crippen LogP contribution is -2.66. The number of carbonyl (C=O) groups is 1. The van der Waals surface area contributed by atoms with E-state index in [1.54, 1.807) is 30.3 Å². The number of hydrogen-bond acceptors (Lipinski definition) is 10. The third kappa shape index (κ3) is 7.96. The number of aliphatic hydroxyl groups excluding tert-OH is 1. The molecule has 0 aliphatic carbocycles. The lowest BCUT2D eigenvalue weighted by Gasteiger charge is -2.43. The Morgan fingerprint density at radius 3 is 2.24 bits per heavy atom. The van der Waals surface area contributed by atoms with Gasteiger partial charge in [0.25, 0.3) is 8.32 Å². The van der Waals surface area contributed by atoms with Gasteiger partial charge in [0.15, 0.2) is 5.82 Å². The van der Waals surface area contributed by atoms with Crippen LogP contribution in [0.5, 0.6) is 5.75 Å². The topological polar surface area (TPSA) is 146 Å². The fourth-order valence-electron chi connectivity index (χ4n) is 6.45. The van der Waals surface area contributed by atoms with Crippen LogP contribution < -0.4 is 25.7 Å². The number of anilines is 2. The Balaban J connectivity index is 1.49. The maximum Gasteiger partial charge on any atom is 0.413 e. The highest BCUT2D eigenvalue weighted by Crippen LogP contribution is 2.37. The van der Waals surface area contributed by atoms with Crippen LogP contribution in [0.1, 0.15) is 58.2 Å².